The third-order valence-electron chi connectivity index (χ3n) is 7.20. The van der Waals surface area contributed by atoms with E-state index in [-0.39, 0.29) is 0 Å². The molecule has 5 rings (SSSR count). The molecule has 1 amide bonds. The number of nitrogens with zero attached hydrogens (tertiary/aromatic N) is 5. The lowest BCUT2D eigenvalue weighted by Gasteiger charge is -2.41. The number of carbonyl (C=O) groups is 1. The van der Waals surface area contributed by atoms with Gasteiger partial charge in [0.1, 0.15) is 17.8 Å². The van der Waals surface area contributed by atoms with Crippen molar-refractivity contribution in [1.82, 2.24) is 24.3 Å². The Kier molecular flexibility index (Phi) is 5.90. The van der Waals surface area contributed by atoms with Gasteiger partial charge >= 0.3 is 6.09 Å². The Morgan fingerprint density at radius 2 is 1.70 bits per heavy atom. The summed E-state index contributed by atoms with van der Waals surface area (Å²) in [5, 5.41) is 12.2. The molecule has 174 valence electrons. The fourth-order valence-corrected chi connectivity index (χ4v) is 5.35. The van der Waals surface area contributed by atoms with Crippen molar-refractivity contribution in [3.8, 4) is 11.1 Å². The predicted molar refractivity (Wildman–Crippen MR) is 129 cm³/mol. The van der Waals surface area contributed by atoms with Crippen molar-refractivity contribution < 1.29 is 9.90 Å². The zero-order chi connectivity index (χ0) is 22.9. The van der Waals surface area contributed by atoms with Crippen LogP contribution in [0.25, 0.3) is 22.2 Å². The number of aromatic nitrogens is 3. The number of nitrogen functional groups attached to an aromatic ring is 1. The topological polar surface area (TPSA) is 113 Å². The van der Waals surface area contributed by atoms with E-state index in [0.29, 0.717) is 23.6 Å². The second-order valence-corrected chi connectivity index (χ2v) is 9.22. The van der Waals surface area contributed by atoms with Crippen LogP contribution in [0, 0.1) is 0 Å². The standard InChI is InChI=1S/C24H31N7O2/c1-29-10-12-30(13-11-29)18-6-8-19(9-7-18)31-14-20(21-22(25)26-15-27-23(21)31)16-2-4-17(5-3-16)28-24(32)33/h2-5,14-15,18-19,28H,6-13H2,1H3,(H,32,33)(H2,25,26,27)/t18-,19-. The fraction of sp³-hybridized carbons (Fsp3) is 0.458. The van der Waals surface area contributed by atoms with E-state index >= 15 is 0 Å². The number of fused-ring (bicyclic) bond motifs is 1. The van der Waals surface area contributed by atoms with Crippen LogP contribution in [-0.2, 0) is 0 Å². The van der Waals surface area contributed by atoms with Gasteiger partial charge in [-0.1, -0.05) is 12.1 Å². The number of anilines is 2. The summed E-state index contributed by atoms with van der Waals surface area (Å²) in [5.41, 5.74) is 9.63. The smallest absolute Gasteiger partial charge is 0.409 e. The molecule has 33 heavy (non-hydrogen) atoms. The number of likely N-dealkylation sites (N-methyl/N-ethyl adjacent to an activating group) is 1. The highest BCUT2D eigenvalue weighted by Crippen LogP contribution is 2.39. The highest BCUT2D eigenvalue weighted by molar-refractivity contribution is 6.01. The summed E-state index contributed by atoms with van der Waals surface area (Å²) in [6.07, 6.45) is 7.23. The largest absolute Gasteiger partial charge is 0.465 e. The molecule has 0 atom stereocenters. The molecule has 2 aliphatic rings. The number of nitrogens with one attached hydrogen (secondary N) is 1. The predicted octanol–water partition coefficient (Wildman–Crippen LogP) is 3.50. The van der Waals surface area contributed by atoms with E-state index in [9.17, 15) is 4.79 Å². The Labute approximate surface area is 193 Å². The van der Waals surface area contributed by atoms with Crippen LogP contribution in [0.5, 0.6) is 0 Å². The lowest BCUT2D eigenvalue weighted by atomic mass is 9.89. The Hall–Kier alpha value is -3.17. The van der Waals surface area contributed by atoms with Gasteiger partial charge in [0.2, 0.25) is 0 Å². The summed E-state index contributed by atoms with van der Waals surface area (Å²) >= 11 is 0. The van der Waals surface area contributed by atoms with Gasteiger partial charge in [0, 0.05) is 55.7 Å². The van der Waals surface area contributed by atoms with Gasteiger partial charge in [-0.05, 0) is 50.4 Å². The molecule has 0 bridgehead atoms. The molecule has 2 aromatic heterocycles. The third-order valence-corrected chi connectivity index (χ3v) is 7.20. The molecule has 2 fully saturated rings. The van der Waals surface area contributed by atoms with Crippen LogP contribution >= 0.6 is 0 Å². The summed E-state index contributed by atoms with van der Waals surface area (Å²) in [4.78, 5) is 24.8. The van der Waals surface area contributed by atoms with Crippen molar-refractivity contribution in [2.24, 2.45) is 0 Å². The molecule has 1 saturated heterocycles. The molecule has 0 radical (unpaired) electrons. The van der Waals surface area contributed by atoms with Crippen molar-refractivity contribution in [2.75, 3.05) is 44.3 Å². The highest BCUT2D eigenvalue weighted by Gasteiger charge is 2.29. The lowest BCUT2D eigenvalue weighted by Crippen LogP contribution is -2.49. The van der Waals surface area contributed by atoms with Crippen LogP contribution in [0.3, 0.4) is 0 Å². The molecule has 9 heteroatoms. The minimum atomic E-state index is -1.08. The van der Waals surface area contributed by atoms with Crippen LogP contribution in [0.1, 0.15) is 31.7 Å². The number of nitrogens with two attached hydrogens (primary N) is 1. The van der Waals surface area contributed by atoms with Gasteiger partial charge in [-0.2, -0.15) is 0 Å². The number of carboxylic acid groups (broad SMARTS) is 1. The molecule has 1 aliphatic heterocycles. The third kappa shape index (κ3) is 4.38. The Morgan fingerprint density at radius 3 is 2.36 bits per heavy atom. The minimum absolute atomic E-state index is 0.382. The maximum Gasteiger partial charge on any atom is 0.409 e. The van der Waals surface area contributed by atoms with E-state index in [4.69, 9.17) is 10.8 Å². The van der Waals surface area contributed by atoms with Gasteiger partial charge in [0.25, 0.3) is 0 Å². The first kappa shape index (κ1) is 21.7. The van der Waals surface area contributed by atoms with E-state index in [0.717, 1.165) is 48.1 Å². The molecule has 3 heterocycles. The number of piperazine rings is 1. The molecule has 3 aromatic rings. The van der Waals surface area contributed by atoms with Gasteiger partial charge in [0.15, 0.2) is 0 Å². The SMILES string of the molecule is CN1CCN([C@H]2CC[C@H](n3cc(-c4ccc(NC(=O)O)cc4)c4c(N)ncnc43)CC2)CC1. The summed E-state index contributed by atoms with van der Waals surface area (Å²) in [6, 6.07) is 8.38. The zero-order valence-electron chi connectivity index (χ0n) is 18.9. The zero-order valence-corrected chi connectivity index (χ0v) is 18.9. The van der Waals surface area contributed by atoms with Gasteiger partial charge in [0.05, 0.1) is 5.39 Å². The summed E-state index contributed by atoms with van der Waals surface area (Å²) in [6.45, 7) is 4.64. The lowest BCUT2D eigenvalue weighted by molar-refractivity contribution is 0.0828. The molecule has 1 aromatic carbocycles. The van der Waals surface area contributed by atoms with Crippen LogP contribution < -0.4 is 11.1 Å². The van der Waals surface area contributed by atoms with Crippen molar-refractivity contribution in [1.29, 1.82) is 0 Å². The summed E-state index contributed by atoms with van der Waals surface area (Å²) < 4.78 is 2.28. The first-order valence-electron chi connectivity index (χ1n) is 11.6. The molecule has 0 spiro atoms. The van der Waals surface area contributed by atoms with Crippen LogP contribution in [-0.4, -0.2) is 74.8 Å². The van der Waals surface area contributed by atoms with Crippen molar-refractivity contribution in [3.05, 3.63) is 36.8 Å². The van der Waals surface area contributed by atoms with E-state index < -0.39 is 6.09 Å². The Morgan fingerprint density at radius 1 is 1.03 bits per heavy atom. The first-order chi connectivity index (χ1) is 16.0. The number of hydrogen-bond acceptors (Lipinski definition) is 6. The quantitative estimate of drug-likeness (QED) is 0.559. The molecule has 9 nitrogen and oxygen atoms in total. The van der Waals surface area contributed by atoms with Crippen LogP contribution in [0.4, 0.5) is 16.3 Å². The molecular formula is C24H31N7O2. The molecule has 4 N–H and O–H groups in total. The van der Waals surface area contributed by atoms with Crippen molar-refractivity contribution in [3.63, 3.8) is 0 Å². The maximum absolute atomic E-state index is 10.9. The second kappa shape index (κ2) is 8.99. The number of rotatable bonds is 4. The average molecular weight is 450 g/mol. The Bertz CT molecular complexity index is 1130. The average Bonchev–Trinajstić information content (AvgIpc) is 3.21. The fourth-order valence-electron chi connectivity index (χ4n) is 5.35. The second-order valence-electron chi connectivity index (χ2n) is 9.22. The van der Waals surface area contributed by atoms with Crippen LogP contribution in [0.15, 0.2) is 36.8 Å². The van der Waals surface area contributed by atoms with E-state index in [2.05, 4.69) is 42.9 Å². The van der Waals surface area contributed by atoms with Crippen molar-refractivity contribution >= 4 is 28.6 Å². The van der Waals surface area contributed by atoms with E-state index in [1.807, 2.05) is 12.1 Å². The highest BCUT2D eigenvalue weighted by atomic mass is 16.4. The first-order valence-corrected chi connectivity index (χ1v) is 11.6. The van der Waals surface area contributed by atoms with E-state index in [1.165, 1.54) is 32.3 Å². The Balaban J connectivity index is 1.40. The number of hydrogen-bond donors (Lipinski definition) is 3. The molecule has 0 unspecified atom stereocenters. The maximum atomic E-state index is 10.9. The number of amides is 1. The molecule has 1 saturated carbocycles. The molecular weight excluding hydrogens is 418 g/mol. The van der Waals surface area contributed by atoms with Gasteiger partial charge in [-0.15, -0.1) is 0 Å². The number of benzene rings is 1. The molecule has 1 aliphatic carbocycles. The van der Waals surface area contributed by atoms with Crippen molar-refractivity contribution in [2.45, 2.75) is 37.8 Å². The van der Waals surface area contributed by atoms with Crippen LogP contribution in [0.2, 0.25) is 0 Å². The minimum Gasteiger partial charge on any atom is -0.465 e. The van der Waals surface area contributed by atoms with E-state index in [1.54, 1.807) is 12.1 Å². The summed E-state index contributed by atoms with van der Waals surface area (Å²) in [7, 11) is 2.20. The van der Waals surface area contributed by atoms with Gasteiger partial charge < -0.3 is 20.3 Å². The monoisotopic (exact) mass is 449 g/mol. The van der Waals surface area contributed by atoms with Gasteiger partial charge in [-0.3, -0.25) is 10.2 Å². The van der Waals surface area contributed by atoms with Gasteiger partial charge in [-0.25, -0.2) is 14.8 Å². The summed E-state index contributed by atoms with van der Waals surface area (Å²) in [5.74, 6) is 0.465. The normalized spacial score (nSPS) is 22.5.